The number of piperazine rings is 1. The maximum atomic E-state index is 12.3. The van der Waals surface area contributed by atoms with E-state index in [9.17, 15) is 9.59 Å². The Morgan fingerprint density at radius 3 is 2.60 bits per heavy atom. The number of carbonyl (C=O) groups excluding carboxylic acids is 2. The predicted molar refractivity (Wildman–Crippen MR) is 93.7 cm³/mol. The Balaban J connectivity index is 1.63. The summed E-state index contributed by atoms with van der Waals surface area (Å²) in [6.07, 6.45) is 3.15. The van der Waals surface area contributed by atoms with Gasteiger partial charge in [-0.3, -0.25) is 14.6 Å². The quantitative estimate of drug-likeness (QED) is 0.916. The second-order valence-electron chi connectivity index (χ2n) is 6.28. The summed E-state index contributed by atoms with van der Waals surface area (Å²) >= 11 is 0. The number of aromatic nitrogens is 1. The van der Waals surface area contributed by atoms with E-state index in [-0.39, 0.29) is 17.9 Å². The van der Waals surface area contributed by atoms with Crippen LogP contribution in [0.1, 0.15) is 34.9 Å². The number of furan rings is 1. The Kier molecular flexibility index (Phi) is 5.02. The molecule has 3 heterocycles. The molecule has 1 fully saturated rings. The predicted octanol–water partition coefficient (Wildman–Crippen LogP) is 1.78. The van der Waals surface area contributed by atoms with Crippen molar-refractivity contribution in [2.24, 2.45) is 0 Å². The Morgan fingerprint density at radius 1 is 1.20 bits per heavy atom. The molecule has 0 spiro atoms. The zero-order valence-electron chi connectivity index (χ0n) is 14.4. The van der Waals surface area contributed by atoms with E-state index in [1.165, 1.54) is 6.26 Å². The summed E-state index contributed by atoms with van der Waals surface area (Å²) < 4.78 is 5.18. The highest BCUT2D eigenvalue weighted by Gasteiger charge is 2.24. The minimum absolute atomic E-state index is 0.0640. The van der Waals surface area contributed by atoms with Crippen molar-refractivity contribution in [3.8, 4) is 0 Å². The van der Waals surface area contributed by atoms with Gasteiger partial charge in [0.05, 0.1) is 6.26 Å². The first-order valence-electron chi connectivity index (χ1n) is 8.39. The summed E-state index contributed by atoms with van der Waals surface area (Å²) in [5, 5.41) is 2.84. The van der Waals surface area contributed by atoms with Crippen molar-refractivity contribution < 1.29 is 14.0 Å². The van der Waals surface area contributed by atoms with Crippen LogP contribution in [-0.2, 0) is 0 Å². The van der Waals surface area contributed by atoms with Gasteiger partial charge in [0.15, 0.2) is 5.76 Å². The molecule has 1 aliphatic rings. The van der Waals surface area contributed by atoms with E-state index in [1.807, 2.05) is 19.9 Å². The van der Waals surface area contributed by atoms with E-state index in [4.69, 9.17) is 4.42 Å². The fraction of sp³-hybridized carbons (Fsp3) is 0.389. The lowest BCUT2D eigenvalue weighted by Crippen LogP contribution is -2.48. The number of rotatable bonds is 4. The molecule has 0 saturated carbocycles. The third-order valence-electron chi connectivity index (χ3n) is 4.06. The lowest BCUT2D eigenvalue weighted by atomic mass is 10.2. The van der Waals surface area contributed by atoms with Crippen LogP contribution in [0.25, 0.3) is 0 Å². The molecule has 132 valence electrons. The molecule has 7 heteroatoms. The monoisotopic (exact) mass is 342 g/mol. The van der Waals surface area contributed by atoms with Crippen LogP contribution in [0.15, 0.2) is 41.1 Å². The fourth-order valence-electron chi connectivity index (χ4n) is 2.80. The number of hydrogen-bond donors (Lipinski definition) is 1. The Hall–Kier alpha value is -2.83. The van der Waals surface area contributed by atoms with Crippen molar-refractivity contribution in [2.75, 3.05) is 31.1 Å². The number of hydrogen-bond acceptors (Lipinski definition) is 5. The molecule has 2 amide bonds. The summed E-state index contributed by atoms with van der Waals surface area (Å²) in [4.78, 5) is 32.5. The zero-order valence-corrected chi connectivity index (χ0v) is 14.4. The summed E-state index contributed by atoms with van der Waals surface area (Å²) in [5.74, 6) is 0.102. The molecule has 1 aliphatic heterocycles. The lowest BCUT2D eigenvalue weighted by Gasteiger charge is -2.35. The molecule has 0 aliphatic carbocycles. The Labute approximate surface area is 146 Å². The standard InChI is InChI=1S/C18H22N4O3/c1-13(2)20-17(23)15-12-14(5-6-19-15)21-7-9-22(10-8-21)18(24)16-4-3-11-25-16/h3-6,11-13H,7-10H2,1-2H3,(H,20,23). The third-order valence-corrected chi connectivity index (χ3v) is 4.06. The number of nitrogens with one attached hydrogen (secondary N) is 1. The minimum Gasteiger partial charge on any atom is -0.459 e. The van der Waals surface area contributed by atoms with Crippen LogP contribution in [0.4, 0.5) is 5.69 Å². The van der Waals surface area contributed by atoms with Crippen LogP contribution in [0.3, 0.4) is 0 Å². The Morgan fingerprint density at radius 2 is 1.96 bits per heavy atom. The van der Waals surface area contributed by atoms with Gasteiger partial charge in [0, 0.05) is 44.1 Å². The number of amides is 2. The van der Waals surface area contributed by atoms with Crippen LogP contribution < -0.4 is 10.2 Å². The van der Waals surface area contributed by atoms with Crippen molar-refractivity contribution in [1.29, 1.82) is 0 Å². The van der Waals surface area contributed by atoms with Crippen LogP contribution in [0, 0.1) is 0 Å². The highest BCUT2D eigenvalue weighted by Crippen LogP contribution is 2.18. The van der Waals surface area contributed by atoms with Crippen molar-refractivity contribution in [2.45, 2.75) is 19.9 Å². The zero-order chi connectivity index (χ0) is 17.8. The van der Waals surface area contributed by atoms with E-state index in [0.29, 0.717) is 37.6 Å². The molecular formula is C18H22N4O3. The first kappa shape index (κ1) is 17.0. The number of carbonyl (C=O) groups is 2. The molecule has 3 rings (SSSR count). The highest BCUT2D eigenvalue weighted by molar-refractivity contribution is 5.93. The van der Waals surface area contributed by atoms with Crippen LogP contribution in [0.2, 0.25) is 0 Å². The van der Waals surface area contributed by atoms with Gasteiger partial charge >= 0.3 is 0 Å². The molecule has 2 aromatic rings. The van der Waals surface area contributed by atoms with Gasteiger partial charge in [-0.25, -0.2) is 0 Å². The van der Waals surface area contributed by atoms with Crippen molar-refractivity contribution in [3.05, 3.63) is 48.2 Å². The number of pyridine rings is 1. The van der Waals surface area contributed by atoms with E-state index in [1.54, 1.807) is 29.3 Å². The molecule has 0 bridgehead atoms. The van der Waals surface area contributed by atoms with Gasteiger partial charge in [0.25, 0.3) is 11.8 Å². The molecule has 1 N–H and O–H groups in total. The lowest BCUT2D eigenvalue weighted by molar-refractivity contribution is 0.0714. The summed E-state index contributed by atoms with van der Waals surface area (Å²) in [6, 6.07) is 7.13. The molecule has 7 nitrogen and oxygen atoms in total. The molecule has 1 saturated heterocycles. The molecular weight excluding hydrogens is 320 g/mol. The minimum atomic E-state index is -0.177. The van der Waals surface area contributed by atoms with Crippen molar-refractivity contribution >= 4 is 17.5 Å². The molecule has 0 atom stereocenters. The second-order valence-corrected chi connectivity index (χ2v) is 6.28. The van der Waals surface area contributed by atoms with Crippen molar-refractivity contribution in [1.82, 2.24) is 15.2 Å². The van der Waals surface area contributed by atoms with Crippen LogP contribution in [-0.4, -0.2) is 53.9 Å². The molecule has 0 aromatic carbocycles. The number of nitrogens with zero attached hydrogens (tertiary/aromatic N) is 3. The molecule has 0 unspecified atom stereocenters. The SMILES string of the molecule is CC(C)NC(=O)c1cc(N2CCN(C(=O)c3ccco3)CC2)ccn1. The summed E-state index contributed by atoms with van der Waals surface area (Å²) in [5.41, 5.74) is 1.34. The second kappa shape index (κ2) is 7.38. The maximum Gasteiger partial charge on any atom is 0.289 e. The van der Waals surface area contributed by atoms with Crippen LogP contribution in [0.5, 0.6) is 0 Å². The van der Waals surface area contributed by atoms with Gasteiger partial charge in [-0.2, -0.15) is 0 Å². The average Bonchev–Trinajstić information content (AvgIpc) is 3.15. The van der Waals surface area contributed by atoms with E-state index < -0.39 is 0 Å². The molecule has 2 aromatic heterocycles. The van der Waals surface area contributed by atoms with Gasteiger partial charge in [0.1, 0.15) is 5.69 Å². The van der Waals surface area contributed by atoms with Gasteiger partial charge in [0.2, 0.25) is 0 Å². The van der Waals surface area contributed by atoms with Gasteiger partial charge in [-0.05, 0) is 38.1 Å². The largest absolute Gasteiger partial charge is 0.459 e. The highest BCUT2D eigenvalue weighted by atomic mass is 16.3. The first-order valence-corrected chi connectivity index (χ1v) is 8.39. The molecule has 0 radical (unpaired) electrons. The smallest absolute Gasteiger partial charge is 0.289 e. The van der Waals surface area contributed by atoms with Crippen LogP contribution >= 0.6 is 0 Å². The van der Waals surface area contributed by atoms with E-state index in [0.717, 1.165) is 5.69 Å². The summed E-state index contributed by atoms with van der Waals surface area (Å²) in [6.45, 7) is 6.43. The normalized spacial score (nSPS) is 14.7. The van der Waals surface area contributed by atoms with Gasteiger partial charge < -0.3 is 19.5 Å². The number of anilines is 1. The van der Waals surface area contributed by atoms with E-state index in [2.05, 4.69) is 15.2 Å². The van der Waals surface area contributed by atoms with Gasteiger partial charge in [-0.15, -0.1) is 0 Å². The topological polar surface area (TPSA) is 78.7 Å². The summed E-state index contributed by atoms with van der Waals surface area (Å²) in [7, 11) is 0. The van der Waals surface area contributed by atoms with Crippen molar-refractivity contribution in [3.63, 3.8) is 0 Å². The first-order chi connectivity index (χ1) is 12.0. The fourth-order valence-corrected chi connectivity index (χ4v) is 2.80. The van der Waals surface area contributed by atoms with Gasteiger partial charge in [-0.1, -0.05) is 0 Å². The Bertz CT molecular complexity index is 735. The molecule has 25 heavy (non-hydrogen) atoms. The van der Waals surface area contributed by atoms with E-state index >= 15 is 0 Å². The third kappa shape index (κ3) is 3.99. The maximum absolute atomic E-state index is 12.3. The average molecular weight is 342 g/mol.